The molecule has 0 atom stereocenters. The molecule has 0 fully saturated rings. The second-order valence-electron chi connectivity index (χ2n) is 4.12. The van der Waals surface area contributed by atoms with Gasteiger partial charge in [-0.05, 0) is 25.5 Å². The summed E-state index contributed by atoms with van der Waals surface area (Å²) in [5.41, 5.74) is 0.616. The first kappa shape index (κ1) is 16.2. The predicted octanol–water partition coefficient (Wildman–Crippen LogP) is 3.08. The minimum absolute atomic E-state index is 0.0644. The van der Waals surface area contributed by atoms with Crippen LogP contribution in [-0.2, 0) is 6.54 Å². The molecule has 0 spiro atoms. The largest absolute Gasteiger partial charge is 0.493 e. The Morgan fingerprint density at radius 1 is 1.35 bits per heavy atom. The van der Waals surface area contributed by atoms with E-state index in [2.05, 4.69) is 16.1 Å². The monoisotopic (exact) mass is 284 g/mol. The Hall–Kier alpha value is -1.87. The van der Waals surface area contributed by atoms with Crippen molar-refractivity contribution in [2.24, 2.45) is 0 Å². The third-order valence-electron chi connectivity index (χ3n) is 2.69. The van der Waals surface area contributed by atoms with Crippen LogP contribution in [0.3, 0.4) is 0 Å². The summed E-state index contributed by atoms with van der Waals surface area (Å²) >= 11 is 0. The highest BCUT2D eigenvalue weighted by molar-refractivity contribution is 5.46. The number of ether oxygens (including phenoxy) is 2. The maximum absolute atomic E-state index is 12.4. The molecule has 0 aliphatic carbocycles. The summed E-state index contributed by atoms with van der Waals surface area (Å²) in [7, 11) is 1.41. The Labute approximate surface area is 117 Å². The lowest BCUT2D eigenvalue weighted by Crippen LogP contribution is -2.16. The number of rotatable bonds is 9. The molecule has 0 aliphatic rings. The molecule has 6 heteroatoms. The van der Waals surface area contributed by atoms with E-state index in [0.717, 1.165) is 12.8 Å². The molecule has 1 rings (SSSR count). The molecule has 0 amide bonds. The molecule has 0 aromatic heterocycles. The molecule has 0 heterocycles. The first-order valence-corrected chi connectivity index (χ1v) is 6.37. The molecule has 110 valence electrons. The van der Waals surface area contributed by atoms with Crippen LogP contribution in [0.1, 0.15) is 24.8 Å². The van der Waals surface area contributed by atoms with Crippen molar-refractivity contribution in [2.45, 2.75) is 32.4 Å². The zero-order valence-corrected chi connectivity index (χ0v) is 11.4. The van der Waals surface area contributed by atoms with Gasteiger partial charge in [-0.1, -0.05) is 12.1 Å². The zero-order valence-electron chi connectivity index (χ0n) is 11.4. The van der Waals surface area contributed by atoms with Crippen molar-refractivity contribution in [3.8, 4) is 17.6 Å². The Balaban J connectivity index is 2.57. The first-order chi connectivity index (χ1) is 9.69. The minimum atomic E-state index is -2.89. The van der Waals surface area contributed by atoms with Crippen LogP contribution < -0.4 is 14.8 Å². The quantitative estimate of drug-likeness (QED) is 0.708. The van der Waals surface area contributed by atoms with Gasteiger partial charge in [-0.2, -0.15) is 14.0 Å². The van der Waals surface area contributed by atoms with Crippen LogP contribution in [0.2, 0.25) is 0 Å². The normalized spacial score (nSPS) is 10.3. The van der Waals surface area contributed by atoms with Crippen LogP contribution in [0.5, 0.6) is 11.5 Å². The number of unbranched alkanes of at least 4 members (excludes halogenated alkanes) is 2. The number of nitriles is 1. The summed E-state index contributed by atoms with van der Waals surface area (Å²) in [6.45, 7) is -1.76. The topological polar surface area (TPSA) is 54.3 Å². The number of hydrogen-bond acceptors (Lipinski definition) is 4. The summed E-state index contributed by atoms with van der Waals surface area (Å²) in [6.07, 6.45) is 2.21. The lowest BCUT2D eigenvalue weighted by molar-refractivity contribution is -0.0518. The molecule has 0 radical (unpaired) electrons. The second-order valence-corrected chi connectivity index (χ2v) is 4.12. The number of hydrogen-bond donors (Lipinski definition) is 1. The van der Waals surface area contributed by atoms with Crippen LogP contribution in [0.25, 0.3) is 0 Å². The number of benzene rings is 1. The van der Waals surface area contributed by atoms with Crippen LogP contribution >= 0.6 is 0 Å². The summed E-state index contributed by atoms with van der Waals surface area (Å²) in [4.78, 5) is 0. The highest BCUT2D eigenvalue weighted by atomic mass is 19.3. The van der Waals surface area contributed by atoms with Crippen LogP contribution in [-0.4, -0.2) is 20.3 Å². The van der Waals surface area contributed by atoms with E-state index in [1.165, 1.54) is 7.11 Å². The lowest BCUT2D eigenvalue weighted by atomic mass is 10.1. The van der Waals surface area contributed by atoms with E-state index in [1.807, 2.05) is 0 Å². The smallest absolute Gasteiger partial charge is 0.387 e. The van der Waals surface area contributed by atoms with Crippen molar-refractivity contribution >= 4 is 0 Å². The van der Waals surface area contributed by atoms with Crippen LogP contribution in [0, 0.1) is 11.3 Å². The molecule has 20 heavy (non-hydrogen) atoms. The molecule has 4 nitrogen and oxygen atoms in total. The van der Waals surface area contributed by atoms with Gasteiger partial charge in [0.25, 0.3) is 0 Å². The maximum atomic E-state index is 12.4. The Morgan fingerprint density at radius 2 is 2.15 bits per heavy atom. The van der Waals surface area contributed by atoms with Gasteiger partial charge in [0.2, 0.25) is 0 Å². The van der Waals surface area contributed by atoms with E-state index >= 15 is 0 Å². The summed E-state index contributed by atoms with van der Waals surface area (Å²) in [5.74, 6) is 0.351. The van der Waals surface area contributed by atoms with Crippen molar-refractivity contribution in [3.63, 3.8) is 0 Å². The fourth-order valence-electron chi connectivity index (χ4n) is 1.76. The van der Waals surface area contributed by atoms with Crippen molar-refractivity contribution in [1.82, 2.24) is 5.32 Å². The molecule has 1 aromatic carbocycles. The lowest BCUT2D eigenvalue weighted by Gasteiger charge is -2.14. The number of alkyl halides is 2. The van der Waals surface area contributed by atoms with Gasteiger partial charge in [-0.3, -0.25) is 0 Å². The van der Waals surface area contributed by atoms with Gasteiger partial charge >= 0.3 is 6.61 Å². The first-order valence-electron chi connectivity index (χ1n) is 6.37. The van der Waals surface area contributed by atoms with Crippen LogP contribution in [0.15, 0.2) is 18.2 Å². The second kappa shape index (κ2) is 9.10. The van der Waals surface area contributed by atoms with E-state index < -0.39 is 6.61 Å². The molecule has 1 N–H and O–H groups in total. The highest BCUT2D eigenvalue weighted by Crippen LogP contribution is 2.32. The van der Waals surface area contributed by atoms with Gasteiger partial charge in [0, 0.05) is 18.5 Å². The third kappa shape index (κ3) is 5.41. The van der Waals surface area contributed by atoms with Crippen molar-refractivity contribution in [3.05, 3.63) is 23.8 Å². The van der Waals surface area contributed by atoms with E-state index in [0.29, 0.717) is 25.1 Å². The van der Waals surface area contributed by atoms with Gasteiger partial charge in [-0.15, -0.1) is 0 Å². The number of nitrogens with zero attached hydrogens (tertiary/aromatic N) is 1. The standard InChI is InChI=1S/C14H18F2N2O2/c1-19-12-7-5-6-11(13(12)20-14(15)16)10-18-9-4-2-3-8-17/h5-7,14,18H,2-4,9-10H2,1H3. The Bertz CT molecular complexity index is 447. The van der Waals surface area contributed by atoms with Crippen molar-refractivity contribution < 1.29 is 18.3 Å². The fraction of sp³-hybridized carbons (Fsp3) is 0.500. The molecule has 0 bridgehead atoms. The molecular formula is C14H18F2N2O2. The summed E-state index contributed by atoms with van der Waals surface area (Å²) in [5, 5.41) is 11.5. The summed E-state index contributed by atoms with van der Waals surface area (Å²) < 4.78 is 34.4. The Kier molecular flexibility index (Phi) is 7.36. The van der Waals surface area contributed by atoms with Gasteiger partial charge in [-0.25, -0.2) is 0 Å². The van der Waals surface area contributed by atoms with Crippen LogP contribution in [0.4, 0.5) is 8.78 Å². The van der Waals surface area contributed by atoms with Gasteiger partial charge in [0.05, 0.1) is 13.2 Å². The number of nitrogens with one attached hydrogen (secondary N) is 1. The van der Waals surface area contributed by atoms with E-state index in [1.54, 1.807) is 18.2 Å². The van der Waals surface area contributed by atoms with Gasteiger partial charge < -0.3 is 14.8 Å². The fourth-order valence-corrected chi connectivity index (χ4v) is 1.76. The number of para-hydroxylation sites is 1. The van der Waals surface area contributed by atoms with Crippen molar-refractivity contribution in [2.75, 3.05) is 13.7 Å². The molecule has 0 saturated heterocycles. The molecular weight excluding hydrogens is 266 g/mol. The molecule has 0 aliphatic heterocycles. The van der Waals surface area contributed by atoms with E-state index in [4.69, 9.17) is 10.00 Å². The molecule has 1 aromatic rings. The molecule has 0 unspecified atom stereocenters. The maximum Gasteiger partial charge on any atom is 0.387 e. The van der Waals surface area contributed by atoms with E-state index in [-0.39, 0.29) is 11.5 Å². The highest BCUT2D eigenvalue weighted by Gasteiger charge is 2.14. The van der Waals surface area contributed by atoms with Crippen molar-refractivity contribution in [1.29, 1.82) is 5.26 Å². The zero-order chi connectivity index (χ0) is 14.8. The van der Waals surface area contributed by atoms with E-state index in [9.17, 15) is 8.78 Å². The number of halogens is 2. The Morgan fingerprint density at radius 3 is 2.80 bits per heavy atom. The molecule has 0 saturated carbocycles. The average Bonchev–Trinajstić information content (AvgIpc) is 2.43. The third-order valence-corrected chi connectivity index (χ3v) is 2.69. The number of methoxy groups -OCH3 is 1. The van der Waals surface area contributed by atoms with Gasteiger partial charge in [0.15, 0.2) is 11.5 Å². The minimum Gasteiger partial charge on any atom is -0.493 e. The SMILES string of the molecule is COc1cccc(CNCCCCC#N)c1OC(F)F. The summed E-state index contributed by atoms with van der Waals surface area (Å²) in [6, 6.07) is 7.09. The predicted molar refractivity (Wildman–Crippen MR) is 70.8 cm³/mol. The van der Waals surface area contributed by atoms with Gasteiger partial charge in [0.1, 0.15) is 0 Å². The average molecular weight is 284 g/mol.